The maximum Gasteiger partial charge on any atom is 0.244 e. The Balaban J connectivity index is 0.000000196. The monoisotopic (exact) mass is 1520 g/mol. The van der Waals surface area contributed by atoms with Crippen LogP contribution in [0.15, 0.2) is 87.7 Å². The van der Waals surface area contributed by atoms with Crippen molar-refractivity contribution in [3.63, 3.8) is 0 Å². The molecule has 448 valence electrons. The number of primary sulfonamides is 4. The first kappa shape index (κ1) is 69.6. The van der Waals surface area contributed by atoms with Gasteiger partial charge in [0.2, 0.25) is 80.2 Å². The van der Waals surface area contributed by atoms with Crippen molar-refractivity contribution < 1.29 is 67.3 Å². The molecule has 0 saturated heterocycles. The van der Waals surface area contributed by atoms with Crippen molar-refractivity contribution in [2.75, 3.05) is 21.3 Å². The van der Waals surface area contributed by atoms with E-state index in [9.17, 15) is 67.3 Å². The number of fused-ring (bicyclic) bond motifs is 4. The van der Waals surface area contributed by atoms with Crippen molar-refractivity contribution in [2.45, 2.75) is 83.2 Å². The molecule has 4 aromatic carbocycles. The Kier molecular flexibility index (Phi) is 22.0. The van der Waals surface area contributed by atoms with Gasteiger partial charge in [0.15, 0.2) is 0 Å². The molecule has 8 rings (SSSR count). The van der Waals surface area contributed by atoms with Gasteiger partial charge in [-0.15, -0.1) is 92.8 Å². The summed E-state index contributed by atoms with van der Waals surface area (Å²) in [5.41, 5.74) is 0.324. The minimum Gasteiger partial charge on any atom is -0.366 e. The fourth-order valence-electron chi connectivity index (χ4n) is 6.52. The third-order valence-electron chi connectivity index (χ3n) is 9.90. The lowest BCUT2D eigenvalue weighted by Crippen LogP contribution is -2.48. The third-order valence-corrected chi connectivity index (χ3v) is 23.3. The van der Waals surface area contributed by atoms with Crippen LogP contribution >= 0.6 is 139 Å². The summed E-state index contributed by atoms with van der Waals surface area (Å²) >= 11 is 68.1. The average Bonchev–Trinajstić information content (AvgIpc) is 3.26. The van der Waals surface area contributed by atoms with E-state index in [4.69, 9.17) is 160 Å². The highest BCUT2D eigenvalue weighted by Gasteiger charge is 2.38. The number of alkyl halides is 8. The number of benzene rings is 4. The molecule has 4 aliphatic heterocycles. The first-order chi connectivity index (χ1) is 36.1. The van der Waals surface area contributed by atoms with Crippen LogP contribution in [0.25, 0.3) is 0 Å². The molecule has 0 aliphatic carbocycles. The van der Waals surface area contributed by atoms with Crippen LogP contribution in [0.5, 0.6) is 0 Å². The van der Waals surface area contributed by atoms with E-state index < -0.39 is 144 Å². The van der Waals surface area contributed by atoms with Crippen molar-refractivity contribution in [2.24, 2.45) is 20.6 Å². The number of nitrogens with one attached hydrogen (secondary N) is 8. The largest absolute Gasteiger partial charge is 0.366 e. The first-order valence-corrected chi connectivity index (χ1v) is 36.9. The lowest BCUT2D eigenvalue weighted by Gasteiger charge is -2.29. The second kappa shape index (κ2) is 25.3. The summed E-state index contributed by atoms with van der Waals surface area (Å²) in [5.74, 6) is 0. The second-order valence-corrected chi connectivity index (χ2v) is 34.7. The van der Waals surface area contributed by atoms with Crippen molar-refractivity contribution in [3.05, 3.63) is 68.6 Å². The van der Waals surface area contributed by atoms with Gasteiger partial charge >= 0.3 is 0 Å². The molecule has 0 spiro atoms. The van der Waals surface area contributed by atoms with Gasteiger partial charge in [-0.25, -0.2) is 87.9 Å². The van der Waals surface area contributed by atoms with Gasteiger partial charge in [-0.05, 0) is 48.5 Å². The van der Waals surface area contributed by atoms with Crippen molar-refractivity contribution >= 4 is 242 Å². The van der Waals surface area contributed by atoms with Crippen molar-refractivity contribution in [3.8, 4) is 0 Å². The molecular formula is C32H32Cl12N12O16S8. The summed E-state index contributed by atoms with van der Waals surface area (Å²) in [6.45, 7) is 0. The van der Waals surface area contributed by atoms with E-state index in [2.05, 4.69) is 40.2 Å². The number of nitrogens with two attached hydrogens (primary N) is 4. The highest BCUT2D eigenvalue weighted by Crippen LogP contribution is 2.39. The summed E-state index contributed by atoms with van der Waals surface area (Å²) in [6, 6.07) is 8.03. The quantitative estimate of drug-likeness (QED) is 0.113. The Morgan fingerprint density at radius 1 is 0.325 bits per heavy atom. The first-order valence-electron chi connectivity index (χ1n) is 19.8. The summed E-state index contributed by atoms with van der Waals surface area (Å²) in [4.78, 5) is -7.43. The summed E-state index contributed by atoms with van der Waals surface area (Å²) in [6.07, 6.45) is -3.86. The van der Waals surface area contributed by atoms with Gasteiger partial charge in [0, 0.05) is 0 Å². The smallest absolute Gasteiger partial charge is 0.244 e. The molecule has 4 aliphatic rings. The van der Waals surface area contributed by atoms with Crippen LogP contribution < -0.4 is 60.7 Å². The van der Waals surface area contributed by atoms with Gasteiger partial charge in [0.05, 0.1) is 42.8 Å². The molecule has 28 nitrogen and oxygen atoms in total. The molecule has 4 aromatic rings. The number of rotatable bonds is 8. The normalized spacial score (nSPS) is 21.4. The van der Waals surface area contributed by atoms with E-state index in [0.717, 1.165) is 48.5 Å². The zero-order chi connectivity index (χ0) is 61.2. The lowest BCUT2D eigenvalue weighted by molar-refractivity contribution is 0.560. The minimum atomic E-state index is -4.15. The fourth-order valence-corrected chi connectivity index (χ4v) is 18.2. The fraction of sp³-hybridized carbons (Fsp3) is 0.250. The summed E-state index contributed by atoms with van der Waals surface area (Å²) < 4.78 is 196. The molecule has 0 saturated carbocycles. The van der Waals surface area contributed by atoms with Gasteiger partial charge in [-0.1, -0.05) is 46.4 Å². The van der Waals surface area contributed by atoms with E-state index in [0.29, 0.717) is 0 Å². The third kappa shape index (κ3) is 16.7. The molecule has 0 bridgehead atoms. The number of halogens is 12. The summed E-state index contributed by atoms with van der Waals surface area (Å²) in [5, 5.41) is 29.8. The Bertz CT molecular complexity index is 3580. The maximum absolute atomic E-state index is 12.0. The van der Waals surface area contributed by atoms with Crippen LogP contribution in [0.4, 0.5) is 22.7 Å². The Hall–Kier alpha value is -1.16. The molecule has 4 heterocycles. The van der Waals surface area contributed by atoms with Gasteiger partial charge in [-0.2, -0.15) is 18.9 Å². The van der Waals surface area contributed by atoms with Crippen LogP contribution in [-0.4, -0.2) is 111 Å². The summed E-state index contributed by atoms with van der Waals surface area (Å²) in [7, 11) is -32.6. The zero-order valence-electron chi connectivity index (χ0n) is 37.9. The average molecular weight is 1520 g/mol. The lowest BCUT2D eigenvalue weighted by atomic mass is 10.3. The Morgan fingerprint density at radius 2 is 0.475 bits per heavy atom. The van der Waals surface area contributed by atoms with Gasteiger partial charge in [0.25, 0.3) is 0 Å². The standard InChI is InChI=1S/4C8H8Cl3N3O4S2/c4*9-3-1-4-6(2-5(3)19(12,15)16)20(17,18)14-8(13-4)7(10)11/h4*1-2,7-8,13-14H,(H2,12,15,16). The second-order valence-electron chi connectivity index (χ2n) is 15.6. The highest BCUT2D eigenvalue weighted by atomic mass is 35.5. The van der Waals surface area contributed by atoms with E-state index in [1.54, 1.807) is 0 Å². The van der Waals surface area contributed by atoms with E-state index in [1.165, 1.54) is 0 Å². The topological polar surface area (TPSA) is 473 Å². The van der Waals surface area contributed by atoms with Crippen LogP contribution in [0.2, 0.25) is 20.1 Å². The van der Waals surface area contributed by atoms with Gasteiger partial charge < -0.3 is 21.3 Å². The predicted octanol–water partition coefficient (Wildman–Crippen LogP) is 3.28. The minimum absolute atomic E-state index is 0.0810. The van der Waals surface area contributed by atoms with Gasteiger partial charge in [-0.3, -0.25) is 0 Å². The molecule has 48 heteroatoms. The molecule has 0 radical (unpaired) electrons. The number of sulfonamides is 8. The molecule has 80 heavy (non-hydrogen) atoms. The van der Waals surface area contributed by atoms with Gasteiger partial charge in [0.1, 0.15) is 83.2 Å². The predicted molar refractivity (Wildman–Crippen MR) is 304 cm³/mol. The maximum atomic E-state index is 12.0. The van der Waals surface area contributed by atoms with E-state index in [-0.39, 0.29) is 62.4 Å². The number of hydrogen-bond donors (Lipinski definition) is 12. The molecule has 0 fully saturated rings. The molecule has 16 N–H and O–H groups in total. The van der Waals surface area contributed by atoms with Crippen LogP contribution in [0, 0.1) is 0 Å². The van der Waals surface area contributed by atoms with Crippen LogP contribution in [0.1, 0.15) is 0 Å². The van der Waals surface area contributed by atoms with E-state index >= 15 is 0 Å². The number of anilines is 4. The SMILES string of the molecule is NS(=O)(=O)c1cc2c(cc1Cl)NC(C(Cl)Cl)NS2(=O)=O.NS(=O)(=O)c1cc2c(cc1Cl)NC(C(Cl)Cl)NS2(=O)=O.NS(=O)(=O)c1cc2c(cc1Cl)NC(C(Cl)Cl)NS2(=O)=O.NS(=O)(=O)c1cc2c(cc1Cl)NC(C(Cl)Cl)NS2(=O)=O. The Labute approximate surface area is 516 Å². The molecule has 4 atom stereocenters. The van der Waals surface area contributed by atoms with Crippen LogP contribution in [0.3, 0.4) is 0 Å². The molecule has 4 unspecified atom stereocenters. The number of hydrogen-bond acceptors (Lipinski definition) is 20. The highest BCUT2D eigenvalue weighted by molar-refractivity contribution is 7.92. The molecule has 0 amide bonds. The van der Waals surface area contributed by atoms with Crippen molar-refractivity contribution in [1.82, 2.24) is 18.9 Å². The molecule has 0 aromatic heterocycles. The zero-order valence-corrected chi connectivity index (χ0v) is 53.5. The van der Waals surface area contributed by atoms with Crippen molar-refractivity contribution in [1.29, 1.82) is 0 Å². The van der Waals surface area contributed by atoms with E-state index in [1.807, 2.05) is 0 Å². The van der Waals surface area contributed by atoms with Crippen LogP contribution in [-0.2, 0) is 80.2 Å². The molecular weight excluding hydrogens is 1490 g/mol. The Morgan fingerprint density at radius 3 is 0.600 bits per heavy atom.